The van der Waals surface area contributed by atoms with Gasteiger partial charge in [0.2, 0.25) is 0 Å². The second-order valence-electron chi connectivity index (χ2n) is 9.34. The van der Waals surface area contributed by atoms with Gasteiger partial charge < -0.3 is 15.2 Å². The fourth-order valence-corrected chi connectivity index (χ4v) is 5.57. The van der Waals surface area contributed by atoms with Crippen LogP contribution in [0.25, 0.3) is 0 Å². The van der Waals surface area contributed by atoms with Crippen molar-refractivity contribution in [2.24, 2.45) is 0 Å². The van der Waals surface area contributed by atoms with Crippen molar-refractivity contribution < 1.29 is 9.84 Å². The van der Waals surface area contributed by atoms with Crippen LogP contribution in [0.5, 0.6) is 0 Å². The van der Waals surface area contributed by atoms with Gasteiger partial charge in [0.25, 0.3) is 0 Å². The number of anilines is 1. The van der Waals surface area contributed by atoms with Crippen LogP contribution in [-0.2, 0) is 29.7 Å². The molecule has 0 saturated carbocycles. The predicted molar refractivity (Wildman–Crippen MR) is 123 cm³/mol. The van der Waals surface area contributed by atoms with Crippen molar-refractivity contribution in [3.8, 4) is 0 Å². The molecule has 1 spiro atoms. The molecule has 2 aliphatic rings. The number of aromatic nitrogens is 1. The number of thiophene rings is 1. The summed E-state index contributed by atoms with van der Waals surface area (Å²) in [6, 6.07) is 6.49. The Kier molecular flexibility index (Phi) is 6.22. The molecule has 0 aliphatic carbocycles. The third-order valence-corrected chi connectivity index (χ3v) is 8.06. The van der Waals surface area contributed by atoms with Gasteiger partial charge in [-0.15, -0.1) is 11.3 Å². The lowest BCUT2D eigenvalue weighted by Gasteiger charge is -2.44. The van der Waals surface area contributed by atoms with E-state index in [2.05, 4.69) is 34.3 Å². The number of nitrogens with one attached hydrogen (secondary N) is 1. The summed E-state index contributed by atoms with van der Waals surface area (Å²) in [7, 11) is 0. The first-order valence-electron chi connectivity index (χ1n) is 11.2. The van der Waals surface area contributed by atoms with Crippen LogP contribution in [0.1, 0.15) is 61.4 Å². The van der Waals surface area contributed by atoms with Crippen LogP contribution < -0.4 is 5.32 Å². The van der Waals surface area contributed by atoms with Crippen molar-refractivity contribution in [2.45, 2.75) is 77.2 Å². The second-order valence-corrected chi connectivity index (χ2v) is 10.6. The number of rotatable bonds is 6. The third kappa shape index (κ3) is 4.57. The molecular weight excluding hydrogens is 394 g/mol. The summed E-state index contributed by atoms with van der Waals surface area (Å²) in [5.41, 5.74) is 1.86. The zero-order valence-electron chi connectivity index (χ0n) is 18.7. The minimum Gasteiger partial charge on any atom is -0.388 e. The number of fused-ring (bicyclic) bond motifs is 2. The molecule has 1 fully saturated rings. The lowest BCUT2D eigenvalue weighted by atomic mass is 9.82. The minimum absolute atomic E-state index is 0.0622. The number of aliphatic hydroxyl groups is 1. The van der Waals surface area contributed by atoms with Gasteiger partial charge >= 0.3 is 0 Å². The number of hydrogen-bond donors (Lipinski definition) is 2. The second kappa shape index (κ2) is 8.58. The van der Waals surface area contributed by atoms with Crippen molar-refractivity contribution in [2.75, 3.05) is 25.0 Å². The highest BCUT2D eigenvalue weighted by molar-refractivity contribution is 7.12. The number of ether oxygens (including phenoxy) is 1. The number of pyridine rings is 1. The number of aryl methyl sites for hydroxylation is 1. The molecule has 1 saturated heterocycles. The fourth-order valence-electron chi connectivity index (χ4n) is 4.39. The molecule has 1 atom stereocenters. The highest BCUT2D eigenvalue weighted by atomic mass is 32.1. The van der Waals surface area contributed by atoms with Gasteiger partial charge in [-0.25, -0.2) is 4.98 Å². The van der Waals surface area contributed by atoms with E-state index >= 15 is 0 Å². The van der Waals surface area contributed by atoms with E-state index in [9.17, 15) is 5.11 Å². The first-order valence-corrected chi connectivity index (χ1v) is 12.0. The van der Waals surface area contributed by atoms with Crippen molar-refractivity contribution >= 4 is 17.2 Å². The van der Waals surface area contributed by atoms with Crippen molar-refractivity contribution in [3.05, 3.63) is 45.3 Å². The van der Waals surface area contributed by atoms with Crippen LogP contribution in [0.2, 0.25) is 0 Å². The Bertz CT molecular complexity index is 848. The fraction of sp³-hybridized carbons (Fsp3) is 0.625. The predicted octanol–water partition coefficient (Wildman–Crippen LogP) is 4.34. The van der Waals surface area contributed by atoms with E-state index in [-0.39, 0.29) is 11.6 Å². The molecule has 5 nitrogen and oxygen atoms in total. The Morgan fingerprint density at radius 3 is 2.73 bits per heavy atom. The van der Waals surface area contributed by atoms with E-state index in [1.807, 2.05) is 30.5 Å². The Morgan fingerprint density at radius 1 is 1.33 bits per heavy atom. The van der Waals surface area contributed by atoms with Gasteiger partial charge in [-0.05, 0) is 63.3 Å². The number of likely N-dealkylation sites (tertiary alicyclic amines) is 1. The van der Waals surface area contributed by atoms with E-state index in [4.69, 9.17) is 4.74 Å². The summed E-state index contributed by atoms with van der Waals surface area (Å²) in [6.45, 7) is 11.7. The Balaban J connectivity index is 1.35. The molecule has 2 aliphatic heterocycles. The summed E-state index contributed by atoms with van der Waals surface area (Å²) in [5.74, 6) is 0.804. The molecule has 0 amide bonds. The zero-order chi connectivity index (χ0) is 21.4. The number of piperidine rings is 1. The summed E-state index contributed by atoms with van der Waals surface area (Å²) >= 11 is 1.99. The summed E-state index contributed by atoms with van der Waals surface area (Å²) < 4.78 is 6.41. The first-order chi connectivity index (χ1) is 14.3. The zero-order valence-corrected chi connectivity index (χ0v) is 19.5. The van der Waals surface area contributed by atoms with Crippen molar-refractivity contribution in [3.63, 3.8) is 0 Å². The van der Waals surface area contributed by atoms with Gasteiger partial charge in [0.1, 0.15) is 5.82 Å². The lowest BCUT2D eigenvalue weighted by molar-refractivity contribution is -0.0981. The van der Waals surface area contributed by atoms with Crippen LogP contribution in [0.3, 0.4) is 0 Å². The first kappa shape index (κ1) is 21.8. The SMILES string of the molecule is CCc1cc2c(s1)CCOC21CCN(Cc2ccc(N[C@@H](C)C(C)(C)O)nc2)CC1. The Hall–Kier alpha value is -1.47. The van der Waals surface area contributed by atoms with E-state index in [1.54, 1.807) is 18.7 Å². The van der Waals surface area contributed by atoms with Gasteiger partial charge in [0.15, 0.2) is 0 Å². The molecule has 2 aromatic heterocycles. The molecule has 0 radical (unpaired) electrons. The van der Waals surface area contributed by atoms with Gasteiger partial charge in [-0.1, -0.05) is 13.0 Å². The summed E-state index contributed by atoms with van der Waals surface area (Å²) in [5, 5.41) is 13.4. The van der Waals surface area contributed by atoms with Crippen LogP contribution in [0.4, 0.5) is 5.82 Å². The Morgan fingerprint density at radius 2 is 2.10 bits per heavy atom. The maximum Gasteiger partial charge on any atom is 0.126 e. The summed E-state index contributed by atoms with van der Waals surface area (Å²) in [6.07, 6.45) is 6.27. The molecule has 2 N–H and O–H groups in total. The maximum atomic E-state index is 10.1. The molecular formula is C24H35N3O2S. The number of hydrogen-bond acceptors (Lipinski definition) is 6. The van der Waals surface area contributed by atoms with Crippen molar-refractivity contribution in [1.82, 2.24) is 9.88 Å². The van der Waals surface area contributed by atoms with E-state index in [0.29, 0.717) is 0 Å². The van der Waals surface area contributed by atoms with Gasteiger partial charge in [0.05, 0.1) is 23.9 Å². The highest BCUT2D eigenvalue weighted by Crippen LogP contribution is 2.44. The van der Waals surface area contributed by atoms with Crippen molar-refractivity contribution in [1.29, 1.82) is 0 Å². The van der Waals surface area contributed by atoms with Crippen LogP contribution in [-0.4, -0.2) is 46.3 Å². The maximum absolute atomic E-state index is 10.1. The molecule has 30 heavy (non-hydrogen) atoms. The van der Waals surface area contributed by atoms with Gasteiger partial charge in [-0.3, -0.25) is 4.90 Å². The molecule has 6 heteroatoms. The lowest BCUT2D eigenvalue weighted by Crippen LogP contribution is -2.45. The van der Waals surface area contributed by atoms with E-state index < -0.39 is 5.60 Å². The largest absolute Gasteiger partial charge is 0.388 e. The van der Waals surface area contributed by atoms with Gasteiger partial charge in [0, 0.05) is 42.0 Å². The molecule has 0 bridgehead atoms. The van der Waals surface area contributed by atoms with Crippen LogP contribution in [0, 0.1) is 0 Å². The quantitative estimate of drug-likeness (QED) is 0.715. The highest BCUT2D eigenvalue weighted by Gasteiger charge is 2.41. The normalized spacial score (nSPS) is 20.2. The minimum atomic E-state index is -0.786. The standard InChI is InChI=1S/C24H35N3O2S/c1-5-19-14-20-21(30-19)8-13-29-24(20)9-11-27(12-10-24)16-18-6-7-22(25-15-18)26-17(2)23(3,4)28/h6-7,14-15,17,28H,5,8-13,16H2,1-4H3,(H,25,26)/t17-/m0/s1. The molecule has 4 heterocycles. The number of nitrogens with zero attached hydrogens (tertiary/aromatic N) is 2. The third-order valence-electron chi connectivity index (χ3n) is 6.73. The Labute approximate surface area is 184 Å². The summed E-state index contributed by atoms with van der Waals surface area (Å²) in [4.78, 5) is 10.1. The molecule has 164 valence electrons. The average molecular weight is 430 g/mol. The molecule has 4 rings (SSSR count). The topological polar surface area (TPSA) is 57.6 Å². The average Bonchev–Trinajstić information content (AvgIpc) is 3.16. The molecule has 0 aromatic carbocycles. The smallest absolute Gasteiger partial charge is 0.126 e. The molecule has 2 aromatic rings. The van der Waals surface area contributed by atoms with E-state index in [1.165, 1.54) is 16.0 Å². The van der Waals surface area contributed by atoms with Crippen LogP contribution in [0.15, 0.2) is 24.4 Å². The van der Waals surface area contributed by atoms with Crippen LogP contribution >= 0.6 is 11.3 Å². The monoisotopic (exact) mass is 429 g/mol. The molecule has 0 unspecified atom stereocenters. The van der Waals surface area contributed by atoms with Gasteiger partial charge in [-0.2, -0.15) is 0 Å². The van der Waals surface area contributed by atoms with E-state index in [0.717, 1.165) is 57.7 Å².